The minimum Gasteiger partial charge on any atom is -0.477 e. The Morgan fingerprint density at radius 3 is 2.47 bits per heavy atom. The van der Waals surface area contributed by atoms with E-state index in [4.69, 9.17) is 14.2 Å². The molecule has 2 heterocycles. The number of hydrogen-bond acceptors (Lipinski definition) is 6. The van der Waals surface area contributed by atoms with Crippen LogP contribution in [-0.2, 0) is 14.3 Å². The number of ether oxygens (including phenoxy) is 3. The van der Waals surface area contributed by atoms with E-state index in [0.717, 1.165) is 31.2 Å². The van der Waals surface area contributed by atoms with Gasteiger partial charge in [-0.25, -0.2) is 9.78 Å². The van der Waals surface area contributed by atoms with Crippen LogP contribution in [0.1, 0.15) is 65.4 Å². The number of hydrogen-bond donors (Lipinski definition) is 0. The Morgan fingerprint density at radius 1 is 1.16 bits per heavy atom. The van der Waals surface area contributed by atoms with Crippen LogP contribution in [0, 0.1) is 11.8 Å². The lowest BCUT2D eigenvalue weighted by molar-refractivity contribution is -0.148. The standard InChI is InChI=1S/C25H36N2O5/c1-5-30-23(28)20-8-6-19(7-9-20)21-10-11-22(26-16-21)31-17-18-12-14-27(15-13-18)24(29)32-25(2,3)4/h6,10-11,16,18,20H,5,7-9,12-15,17H2,1-4H3. The molecule has 0 aromatic carbocycles. The van der Waals surface area contributed by atoms with Gasteiger partial charge in [-0.3, -0.25) is 4.79 Å². The van der Waals surface area contributed by atoms with Gasteiger partial charge in [0.1, 0.15) is 5.60 Å². The summed E-state index contributed by atoms with van der Waals surface area (Å²) >= 11 is 0. The van der Waals surface area contributed by atoms with E-state index in [9.17, 15) is 9.59 Å². The first-order chi connectivity index (χ1) is 15.2. The second-order valence-corrected chi connectivity index (χ2v) is 9.56. The highest BCUT2D eigenvalue weighted by atomic mass is 16.6. The Bertz CT molecular complexity index is 805. The third-order valence-corrected chi connectivity index (χ3v) is 5.87. The number of rotatable bonds is 6. The van der Waals surface area contributed by atoms with Crippen molar-refractivity contribution < 1.29 is 23.8 Å². The summed E-state index contributed by atoms with van der Waals surface area (Å²) in [6.45, 7) is 9.90. The number of amides is 1. The summed E-state index contributed by atoms with van der Waals surface area (Å²) in [6, 6.07) is 3.94. The van der Waals surface area contributed by atoms with Gasteiger partial charge in [-0.15, -0.1) is 0 Å². The van der Waals surface area contributed by atoms with E-state index in [1.54, 1.807) is 4.90 Å². The van der Waals surface area contributed by atoms with Gasteiger partial charge in [0.2, 0.25) is 5.88 Å². The SMILES string of the molecule is CCOC(=O)C1CC=C(c2ccc(OCC3CCN(C(=O)OC(C)(C)C)CC3)nc2)CC1. The second kappa shape index (κ2) is 10.8. The van der Waals surface area contributed by atoms with Crippen LogP contribution in [0.3, 0.4) is 0 Å². The highest BCUT2D eigenvalue weighted by molar-refractivity contribution is 5.75. The maximum Gasteiger partial charge on any atom is 0.410 e. The van der Waals surface area contributed by atoms with Crippen molar-refractivity contribution >= 4 is 17.6 Å². The first kappa shape index (κ1) is 24.1. The summed E-state index contributed by atoms with van der Waals surface area (Å²) in [5, 5.41) is 0. The number of carbonyl (C=O) groups is 2. The van der Waals surface area contributed by atoms with Crippen molar-refractivity contribution in [1.82, 2.24) is 9.88 Å². The number of likely N-dealkylation sites (tertiary alicyclic amines) is 1. The summed E-state index contributed by atoms with van der Waals surface area (Å²) in [5.74, 6) is 0.887. The molecule has 0 N–H and O–H groups in total. The highest BCUT2D eigenvalue weighted by Crippen LogP contribution is 2.31. The summed E-state index contributed by atoms with van der Waals surface area (Å²) < 4.78 is 16.5. The van der Waals surface area contributed by atoms with Crippen molar-refractivity contribution in [3.63, 3.8) is 0 Å². The lowest BCUT2D eigenvalue weighted by atomic mass is 9.87. The Labute approximate surface area is 191 Å². The van der Waals surface area contributed by atoms with Crippen LogP contribution in [0.4, 0.5) is 4.79 Å². The van der Waals surface area contributed by atoms with E-state index in [1.807, 2.05) is 46.0 Å². The molecule has 1 aliphatic heterocycles. The molecule has 1 amide bonds. The average Bonchev–Trinajstić information content (AvgIpc) is 2.77. The van der Waals surface area contributed by atoms with Gasteiger partial charge in [-0.1, -0.05) is 6.08 Å². The van der Waals surface area contributed by atoms with Crippen LogP contribution < -0.4 is 4.74 Å². The lowest BCUT2D eigenvalue weighted by Gasteiger charge is -2.33. The monoisotopic (exact) mass is 444 g/mol. The third-order valence-electron chi connectivity index (χ3n) is 5.87. The van der Waals surface area contributed by atoms with Gasteiger partial charge >= 0.3 is 12.1 Å². The number of esters is 1. The molecule has 0 saturated carbocycles. The molecule has 7 heteroatoms. The van der Waals surface area contributed by atoms with Gasteiger partial charge in [0, 0.05) is 25.4 Å². The van der Waals surface area contributed by atoms with Crippen LogP contribution in [0.15, 0.2) is 24.4 Å². The molecule has 1 fully saturated rings. The van der Waals surface area contributed by atoms with Gasteiger partial charge < -0.3 is 19.1 Å². The smallest absolute Gasteiger partial charge is 0.410 e. The number of nitrogens with zero attached hydrogens (tertiary/aromatic N) is 2. The van der Waals surface area contributed by atoms with Gasteiger partial charge in [0.25, 0.3) is 0 Å². The molecule has 0 bridgehead atoms. The number of carbonyl (C=O) groups excluding carboxylic acids is 2. The maximum atomic E-state index is 12.2. The summed E-state index contributed by atoms with van der Waals surface area (Å²) in [4.78, 5) is 30.3. The van der Waals surface area contributed by atoms with Crippen molar-refractivity contribution in [1.29, 1.82) is 0 Å². The average molecular weight is 445 g/mol. The topological polar surface area (TPSA) is 78.0 Å². The van der Waals surface area contributed by atoms with E-state index < -0.39 is 5.60 Å². The minimum atomic E-state index is -0.467. The van der Waals surface area contributed by atoms with E-state index in [-0.39, 0.29) is 18.0 Å². The van der Waals surface area contributed by atoms with Crippen molar-refractivity contribution in [3.8, 4) is 5.88 Å². The zero-order chi connectivity index (χ0) is 23.1. The number of aromatic nitrogens is 1. The molecule has 3 rings (SSSR count). The molecular formula is C25H36N2O5. The van der Waals surface area contributed by atoms with Gasteiger partial charge in [-0.05, 0) is 82.9 Å². The van der Waals surface area contributed by atoms with E-state index >= 15 is 0 Å². The molecule has 1 aliphatic carbocycles. The molecule has 1 aromatic heterocycles. The number of allylic oxidation sites excluding steroid dienone is 2. The Hall–Kier alpha value is -2.57. The zero-order valence-electron chi connectivity index (χ0n) is 19.8. The normalized spacial score (nSPS) is 19.8. The molecule has 1 unspecified atom stereocenters. The third kappa shape index (κ3) is 6.97. The molecule has 2 aliphatic rings. The Morgan fingerprint density at radius 2 is 1.91 bits per heavy atom. The van der Waals surface area contributed by atoms with Crippen LogP contribution >= 0.6 is 0 Å². The van der Waals surface area contributed by atoms with Crippen LogP contribution in [0.2, 0.25) is 0 Å². The fraction of sp³-hybridized carbons (Fsp3) is 0.640. The molecule has 1 aromatic rings. The summed E-state index contributed by atoms with van der Waals surface area (Å²) in [6.07, 6.45) is 7.90. The van der Waals surface area contributed by atoms with Crippen LogP contribution in [0.25, 0.3) is 5.57 Å². The van der Waals surface area contributed by atoms with E-state index in [1.165, 1.54) is 5.57 Å². The fourth-order valence-electron chi connectivity index (χ4n) is 4.04. The molecule has 32 heavy (non-hydrogen) atoms. The van der Waals surface area contributed by atoms with Crippen molar-refractivity contribution in [3.05, 3.63) is 30.0 Å². The molecular weight excluding hydrogens is 408 g/mol. The Balaban J connectivity index is 1.42. The van der Waals surface area contributed by atoms with Crippen LogP contribution in [0.5, 0.6) is 5.88 Å². The maximum absolute atomic E-state index is 12.2. The van der Waals surface area contributed by atoms with Gasteiger partial charge in [-0.2, -0.15) is 0 Å². The predicted octanol–water partition coefficient (Wildman–Crippen LogP) is 4.85. The summed E-state index contributed by atoms with van der Waals surface area (Å²) in [5.41, 5.74) is 1.83. The van der Waals surface area contributed by atoms with Gasteiger partial charge in [0.15, 0.2) is 0 Å². The Kier molecular flexibility index (Phi) is 8.15. The second-order valence-electron chi connectivity index (χ2n) is 9.56. The van der Waals surface area contributed by atoms with Crippen LogP contribution in [-0.4, -0.2) is 53.9 Å². The molecule has 176 valence electrons. The van der Waals surface area contributed by atoms with Crippen molar-refractivity contribution in [2.75, 3.05) is 26.3 Å². The van der Waals surface area contributed by atoms with E-state index in [0.29, 0.717) is 44.5 Å². The molecule has 1 saturated heterocycles. The molecule has 7 nitrogen and oxygen atoms in total. The molecule has 1 atom stereocenters. The first-order valence-corrected chi connectivity index (χ1v) is 11.7. The van der Waals surface area contributed by atoms with E-state index in [2.05, 4.69) is 11.1 Å². The highest BCUT2D eigenvalue weighted by Gasteiger charge is 2.27. The minimum absolute atomic E-state index is 0.0315. The molecule has 0 radical (unpaired) electrons. The van der Waals surface area contributed by atoms with Crippen molar-refractivity contribution in [2.24, 2.45) is 11.8 Å². The number of piperidine rings is 1. The zero-order valence-corrected chi connectivity index (χ0v) is 19.8. The quantitative estimate of drug-likeness (QED) is 0.584. The number of pyridine rings is 1. The largest absolute Gasteiger partial charge is 0.477 e. The fourth-order valence-corrected chi connectivity index (χ4v) is 4.04. The first-order valence-electron chi connectivity index (χ1n) is 11.7. The lowest BCUT2D eigenvalue weighted by Crippen LogP contribution is -2.42. The summed E-state index contributed by atoms with van der Waals surface area (Å²) in [7, 11) is 0. The molecule has 0 spiro atoms. The predicted molar refractivity (Wildman–Crippen MR) is 122 cm³/mol. The van der Waals surface area contributed by atoms with Gasteiger partial charge in [0.05, 0.1) is 19.1 Å². The van der Waals surface area contributed by atoms with Crippen molar-refractivity contribution in [2.45, 2.75) is 65.4 Å².